The van der Waals surface area contributed by atoms with Crippen LogP contribution in [0.15, 0.2) is 62.8 Å². The molecular weight excluding hydrogens is 505 g/mol. The van der Waals surface area contributed by atoms with Gasteiger partial charge in [0.1, 0.15) is 29.4 Å². The van der Waals surface area contributed by atoms with Crippen molar-refractivity contribution in [2.45, 2.75) is 13.5 Å². The predicted molar refractivity (Wildman–Crippen MR) is 143 cm³/mol. The molecule has 1 aliphatic heterocycles. The number of nitriles is 2. The summed E-state index contributed by atoms with van der Waals surface area (Å²) in [5, 5.41) is 34.9. The molecule has 5 N–H and O–H groups in total. The molecule has 0 radical (unpaired) electrons. The lowest BCUT2D eigenvalue weighted by atomic mass is 10.1. The highest BCUT2D eigenvalue weighted by Gasteiger charge is 2.20. The highest BCUT2D eigenvalue weighted by molar-refractivity contribution is 6.15. The Hall–Kier alpha value is -5.69. The third-order valence-electron chi connectivity index (χ3n) is 5.84. The Kier molecular flexibility index (Phi) is 7.26. The quantitative estimate of drug-likeness (QED) is 0.210. The van der Waals surface area contributed by atoms with Gasteiger partial charge in [-0.1, -0.05) is 11.6 Å². The van der Waals surface area contributed by atoms with Crippen molar-refractivity contribution < 1.29 is 9.50 Å². The van der Waals surface area contributed by atoms with Gasteiger partial charge in [0.05, 0.1) is 23.5 Å². The number of aliphatic imine (C=N–C) groups is 1. The van der Waals surface area contributed by atoms with E-state index >= 15 is 0 Å². The zero-order valence-electron chi connectivity index (χ0n) is 20.9. The normalized spacial score (nSPS) is 13.0. The van der Waals surface area contributed by atoms with Gasteiger partial charge in [-0.15, -0.1) is 0 Å². The summed E-state index contributed by atoms with van der Waals surface area (Å²) in [5.41, 5.74) is 5.80. The minimum atomic E-state index is -0.905. The number of hydrogen-bond acceptors (Lipinski definition) is 10. The van der Waals surface area contributed by atoms with Crippen LogP contribution in [-0.2, 0) is 6.54 Å². The first kappa shape index (κ1) is 26.4. The van der Waals surface area contributed by atoms with Gasteiger partial charge in [-0.3, -0.25) is 9.56 Å². The lowest BCUT2D eigenvalue weighted by Crippen LogP contribution is -2.42. The number of nitrogens with two attached hydrogens (primary N) is 1. The summed E-state index contributed by atoms with van der Waals surface area (Å²) in [7, 11) is 1.40. The molecule has 0 atom stereocenters. The van der Waals surface area contributed by atoms with Crippen molar-refractivity contribution in [2.75, 3.05) is 24.6 Å². The second kappa shape index (κ2) is 10.7. The van der Waals surface area contributed by atoms with E-state index in [1.807, 2.05) is 13.0 Å². The molecule has 1 aliphatic rings. The third kappa shape index (κ3) is 5.23. The number of anilines is 3. The highest BCUT2D eigenvalue weighted by atomic mass is 19.1. The van der Waals surface area contributed by atoms with Crippen molar-refractivity contribution in [3.63, 3.8) is 0 Å². The summed E-state index contributed by atoms with van der Waals surface area (Å²) in [6.07, 6.45) is 3.17. The maximum atomic E-state index is 13.9. The lowest BCUT2D eigenvalue weighted by molar-refractivity contribution is 0.478. The zero-order valence-corrected chi connectivity index (χ0v) is 20.9. The minimum absolute atomic E-state index is 0.00875. The van der Waals surface area contributed by atoms with Gasteiger partial charge >= 0.3 is 11.4 Å². The standard InChI is InChI=1S/C26H22FN9O3/c1-14-5-17(12-32-11-14)36-25(38)34-24(33-21-7-18(22(10-29)31-2)20(30)8-23(21)37)35(26(36)39)13-15-3-4-19(27)16(6-15)9-28/h3-8,12,32,37H,11,13,30H2,1-2H3,(H,33,34,38). The summed E-state index contributed by atoms with van der Waals surface area (Å²) < 4.78 is 15.9. The van der Waals surface area contributed by atoms with E-state index in [2.05, 4.69) is 20.6 Å². The molecule has 3 aromatic rings. The largest absolute Gasteiger partial charge is 0.506 e. The summed E-state index contributed by atoms with van der Waals surface area (Å²) in [6.45, 7) is 2.15. The average molecular weight is 528 g/mol. The Bertz CT molecular complexity index is 1790. The van der Waals surface area contributed by atoms with Gasteiger partial charge in [0.25, 0.3) is 0 Å². The Morgan fingerprint density at radius 2 is 2.08 bits per heavy atom. The molecule has 4 rings (SSSR count). The number of phenols is 1. The van der Waals surface area contributed by atoms with E-state index in [-0.39, 0.29) is 52.2 Å². The maximum absolute atomic E-state index is 13.9. The second-order valence-electron chi connectivity index (χ2n) is 8.55. The third-order valence-corrected chi connectivity index (χ3v) is 5.84. The summed E-state index contributed by atoms with van der Waals surface area (Å²) in [4.78, 5) is 34.7. The van der Waals surface area contributed by atoms with E-state index in [0.717, 1.165) is 20.8 Å². The van der Waals surface area contributed by atoms with Crippen molar-refractivity contribution in [1.82, 2.24) is 19.4 Å². The number of nitrogen functional groups attached to an aromatic ring is 1. The molecule has 0 saturated carbocycles. The van der Waals surface area contributed by atoms with E-state index in [1.54, 1.807) is 12.1 Å². The average Bonchev–Trinajstić information content (AvgIpc) is 2.90. The smallest absolute Gasteiger partial charge is 0.359 e. The van der Waals surface area contributed by atoms with Crippen LogP contribution >= 0.6 is 0 Å². The van der Waals surface area contributed by atoms with Crippen LogP contribution in [0.5, 0.6) is 5.75 Å². The number of benzene rings is 2. The molecule has 0 spiro atoms. The van der Waals surface area contributed by atoms with Crippen LogP contribution in [0.4, 0.5) is 21.7 Å². The van der Waals surface area contributed by atoms with Crippen LogP contribution in [0, 0.1) is 28.5 Å². The molecular formula is C26H22FN9O3. The van der Waals surface area contributed by atoms with Crippen LogP contribution in [0.2, 0.25) is 0 Å². The first-order valence-corrected chi connectivity index (χ1v) is 11.5. The molecule has 13 heteroatoms. The number of nitrogens with one attached hydrogen (secondary N) is 2. The summed E-state index contributed by atoms with van der Waals surface area (Å²) in [5.74, 6) is -1.33. The summed E-state index contributed by atoms with van der Waals surface area (Å²) in [6, 6.07) is 9.95. The van der Waals surface area contributed by atoms with Crippen LogP contribution in [0.25, 0.3) is 5.70 Å². The van der Waals surface area contributed by atoms with Crippen molar-refractivity contribution in [3.8, 4) is 17.9 Å². The number of halogens is 1. The fourth-order valence-electron chi connectivity index (χ4n) is 3.94. The van der Waals surface area contributed by atoms with Gasteiger partial charge in [-0.05, 0) is 36.8 Å². The lowest BCUT2D eigenvalue weighted by Gasteiger charge is -2.19. The molecule has 2 heterocycles. The predicted octanol–water partition coefficient (Wildman–Crippen LogP) is 1.79. The van der Waals surface area contributed by atoms with Crippen molar-refractivity contribution in [3.05, 3.63) is 91.7 Å². The van der Waals surface area contributed by atoms with Gasteiger partial charge in [0.2, 0.25) is 5.95 Å². The van der Waals surface area contributed by atoms with Crippen LogP contribution in [0.3, 0.4) is 0 Å². The maximum Gasteiger partial charge on any atom is 0.359 e. The van der Waals surface area contributed by atoms with Crippen molar-refractivity contribution >= 4 is 28.7 Å². The number of dihydropyridines is 1. The number of rotatable bonds is 6. The SMILES string of the molecule is CN=C(C#N)c1cc(Nc2nc(=O)n(C3=CNCC(C)=C3)c(=O)n2Cc2ccc(F)c(C#N)c2)c(O)cc1N. The van der Waals surface area contributed by atoms with E-state index in [1.165, 1.54) is 37.5 Å². The van der Waals surface area contributed by atoms with Crippen molar-refractivity contribution in [2.24, 2.45) is 4.99 Å². The first-order chi connectivity index (χ1) is 18.7. The van der Waals surface area contributed by atoms with Crippen LogP contribution in [-0.4, -0.2) is 38.5 Å². The topological polar surface area (TPSA) is 187 Å². The Morgan fingerprint density at radius 3 is 2.74 bits per heavy atom. The molecule has 1 aromatic heterocycles. The van der Waals surface area contributed by atoms with E-state index < -0.39 is 17.2 Å². The number of aromatic hydroxyl groups is 1. The van der Waals surface area contributed by atoms with Gasteiger partial charge in [0, 0.05) is 37.1 Å². The molecule has 0 unspecified atom stereocenters. The van der Waals surface area contributed by atoms with Gasteiger partial charge < -0.3 is 21.5 Å². The number of hydrogen-bond donors (Lipinski definition) is 4. The molecule has 0 saturated heterocycles. The van der Waals surface area contributed by atoms with Gasteiger partial charge in [-0.25, -0.2) is 18.5 Å². The fourth-order valence-corrected chi connectivity index (χ4v) is 3.94. The Labute approximate surface area is 221 Å². The Morgan fingerprint density at radius 1 is 1.31 bits per heavy atom. The Balaban J connectivity index is 1.91. The molecule has 196 valence electrons. The molecule has 0 fully saturated rings. The number of allylic oxidation sites excluding steroid dienone is 2. The molecule has 12 nitrogen and oxygen atoms in total. The second-order valence-corrected chi connectivity index (χ2v) is 8.55. The molecule has 39 heavy (non-hydrogen) atoms. The van der Waals surface area contributed by atoms with Gasteiger partial charge in [-0.2, -0.15) is 15.5 Å². The number of phenolic OH excluding ortho intramolecular Hbond substituents is 1. The van der Waals surface area contributed by atoms with Crippen molar-refractivity contribution in [1.29, 1.82) is 10.5 Å². The highest BCUT2D eigenvalue weighted by Crippen LogP contribution is 2.31. The monoisotopic (exact) mass is 527 g/mol. The number of nitrogens with zero attached hydrogens (tertiary/aromatic N) is 6. The molecule has 0 amide bonds. The summed E-state index contributed by atoms with van der Waals surface area (Å²) >= 11 is 0. The van der Waals surface area contributed by atoms with Crippen LogP contribution in [0.1, 0.15) is 23.6 Å². The van der Waals surface area contributed by atoms with E-state index in [4.69, 9.17) is 5.73 Å². The first-order valence-electron chi connectivity index (χ1n) is 11.5. The zero-order chi connectivity index (χ0) is 28.3. The van der Waals surface area contributed by atoms with Gasteiger partial charge in [0.15, 0.2) is 0 Å². The van der Waals surface area contributed by atoms with E-state index in [9.17, 15) is 29.6 Å². The van der Waals surface area contributed by atoms with Crippen LogP contribution < -0.4 is 27.7 Å². The molecule has 0 bridgehead atoms. The number of aromatic nitrogens is 3. The molecule has 2 aromatic carbocycles. The fraction of sp³-hybridized carbons (Fsp3) is 0.154. The minimum Gasteiger partial charge on any atom is -0.506 e. The molecule has 0 aliphatic carbocycles. The van der Waals surface area contributed by atoms with E-state index in [0.29, 0.717) is 12.1 Å².